The predicted octanol–water partition coefficient (Wildman–Crippen LogP) is -8.51. The van der Waals surface area contributed by atoms with Gasteiger partial charge < -0.3 is 120 Å². The van der Waals surface area contributed by atoms with E-state index in [4.69, 9.17) is 42.6 Å². The predicted molar refractivity (Wildman–Crippen MR) is 203 cm³/mol. The number of rotatable bonds is 20. The van der Waals surface area contributed by atoms with E-state index in [1.165, 1.54) is 20.8 Å². The van der Waals surface area contributed by atoms with Gasteiger partial charge in [-0.1, -0.05) is 6.92 Å². The molecule has 24 atom stereocenters. The van der Waals surface area contributed by atoms with Crippen molar-refractivity contribution in [2.24, 2.45) is 0 Å². The Kier molecular flexibility index (Phi) is 20.6. The molecule has 4 saturated heterocycles. The van der Waals surface area contributed by atoms with Gasteiger partial charge in [0, 0.05) is 13.8 Å². The lowest BCUT2D eigenvalue weighted by Crippen LogP contribution is -2.70. The Hall–Kier alpha value is -1.94. The number of hydrogen-bond donors (Lipinski definition) is 15. The number of carbonyl (C=O) groups is 2. The second-order valence-corrected chi connectivity index (χ2v) is 16.0. The topological polar surface area (TPSA) is 404 Å². The van der Waals surface area contributed by atoms with Crippen LogP contribution in [0.4, 0.5) is 0 Å². The van der Waals surface area contributed by atoms with Crippen molar-refractivity contribution in [3.63, 3.8) is 0 Å². The van der Waals surface area contributed by atoms with Crippen LogP contribution in [0, 0.1) is 0 Å². The van der Waals surface area contributed by atoms with Crippen molar-refractivity contribution in [1.82, 2.24) is 10.6 Å². The van der Waals surface area contributed by atoms with Crippen molar-refractivity contribution >= 4 is 11.8 Å². The third-order valence-electron chi connectivity index (χ3n) is 11.3. The van der Waals surface area contributed by atoms with E-state index < -0.39 is 192 Å². The number of carbonyl (C=O) groups excluding carboxylic acids is 2. The Bertz CT molecular complexity index is 1400. The first-order chi connectivity index (χ1) is 29.7. The average molecular weight is 923 g/mol. The molecule has 0 aliphatic carbocycles. The normalized spacial score (nSPS) is 43.1. The van der Waals surface area contributed by atoms with E-state index in [9.17, 15) is 76.0 Å². The first kappa shape index (κ1) is 53.7. The molecule has 4 fully saturated rings. The van der Waals surface area contributed by atoms with Crippen molar-refractivity contribution in [3.05, 3.63) is 0 Å². The van der Waals surface area contributed by atoms with Crippen LogP contribution in [0.5, 0.6) is 0 Å². The summed E-state index contributed by atoms with van der Waals surface area (Å²) in [6.45, 7) is 2.36. The summed E-state index contributed by atoms with van der Waals surface area (Å²) in [6.07, 6.45) is -35.9. The van der Waals surface area contributed by atoms with Gasteiger partial charge in [0.2, 0.25) is 11.8 Å². The van der Waals surface area contributed by atoms with E-state index in [1.54, 1.807) is 6.92 Å². The molecule has 0 saturated carbocycles. The lowest BCUT2D eigenvalue weighted by atomic mass is 9.91. The van der Waals surface area contributed by atoms with E-state index in [2.05, 4.69) is 10.6 Å². The van der Waals surface area contributed by atoms with Gasteiger partial charge in [-0.05, 0) is 20.3 Å². The SMILES string of the molecule is CC[C@@H]1OC(CO)[C@@H](O[C@H](OC(CO)[C@@H](C)O)[C@@H](O)CO[C@@H]2OC(CO)[C@@H](O[C@@H]3OC(CO)[C@H](O)C(O)[C@@H]3O)C(O[C@@H]3OC(C)[C@@H](O)[C@@H](O)C3O)[C@@H]2NC(C)=O)C(O)C1NC(C)=O. The van der Waals surface area contributed by atoms with Crippen LogP contribution in [0.2, 0.25) is 0 Å². The van der Waals surface area contributed by atoms with Crippen LogP contribution in [-0.4, -0.2) is 258 Å². The van der Waals surface area contributed by atoms with E-state index >= 15 is 0 Å². The van der Waals surface area contributed by atoms with Crippen LogP contribution in [0.3, 0.4) is 0 Å². The zero-order valence-corrected chi connectivity index (χ0v) is 35.4. The van der Waals surface area contributed by atoms with Crippen LogP contribution in [0.1, 0.15) is 41.0 Å². The summed E-state index contributed by atoms with van der Waals surface area (Å²) in [5.74, 6) is -1.31. The van der Waals surface area contributed by atoms with Gasteiger partial charge in [0.25, 0.3) is 0 Å². The lowest BCUT2D eigenvalue weighted by molar-refractivity contribution is -0.375. The van der Waals surface area contributed by atoms with Crippen LogP contribution < -0.4 is 10.6 Å². The smallest absolute Gasteiger partial charge is 0.217 e. The fourth-order valence-electron chi connectivity index (χ4n) is 7.75. The molecule has 4 heterocycles. The molecule has 4 aliphatic rings. The Labute approximate surface area is 362 Å². The first-order valence-electron chi connectivity index (χ1n) is 20.7. The fourth-order valence-corrected chi connectivity index (χ4v) is 7.75. The van der Waals surface area contributed by atoms with E-state index in [0.29, 0.717) is 0 Å². The molecule has 0 bridgehead atoms. The summed E-state index contributed by atoms with van der Waals surface area (Å²) in [5, 5.41) is 143. The van der Waals surface area contributed by atoms with Gasteiger partial charge in [-0.25, -0.2) is 0 Å². The number of ether oxygens (including phenoxy) is 9. The summed E-state index contributed by atoms with van der Waals surface area (Å²) >= 11 is 0. The minimum atomic E-state index is -2.00. The number of hydrogen-bond acceptors (Lipinski definition) is 24. The van der Waals surface area contributed by atoms with Crippen LogP contribution in [0.25, 0.3) is 0 Å². The molecule has 26 heteroatoms. The summed E-state index contributed by atoms with van der Waals surface area (Å²) in [4.78, 5) is 24.8. The standard InChI is InChI=1S/C37H66N2O24/c1-6-17-22(38-14(4)45)26(50)31(20(9-42)57-17)61-34(58-18(7-40)12(2)44)16(47)11-55-35-23(39-15(5)46)33(63-36-29(53)27(51)24(48)13(3)56-36)32(21(10-43)60-35)62-37-30(54)28(52)25(49)19(8-41)59-37/h12-13,16-37,40-44,47-54H,6-11H2,1-5H3,(H,38,45)(H,39,46)/t12-,13?,16+,17+,18?,19?,20?,21?,22?,23+,24-,25+,26?,27-,28?,29?,30+,31-,32-,33?,34+,35-,36+,37+/m1/s1. The fraction of sp³-hybridized carbons (Fsp3) is 0.946. The van der Waals surface area contributed by atoms with Gasteiger partial charge in [0.15, 0.2) is 25.2 Å². The molecule has 2 amide bonds. The maximum Gasteiger partial charge on any atom is 0.217 e. The molecule has 63 heavy (non-hydrogen) atoms. The molecule has 0 aromatic carbocycles. The zero-order chi connectivity index (χ0) is 47.0. The zero-order valence-electron chi connectivity index (χ0n) is 35.4. The lowest BCUT2D eigenvalue weighted by Gasteiger charge is -2.50. The van der Waals surface area contributed by atoms with Gasteiger partial charge in [0.1, 0.15) is 97.6 Å². The molecule has 10 unspecified atom stereocenters. The highest BCUT2D eigenvalue weighted by Gasteiger charge is 2.55. The first-order valence-corrected chi connectivity index (χ1v) is 20.7. The molecule has 0 aromatic rings. The van der Waals surface area contributed by atoms with Crippen LogP contribution in [0.15, 0.2) is 0 Å². The van der Waals surface area contributed by atoms with Crippen LogP contribution >= 0.6 is 0 Å². The van der Waals surface area contributed by atoms with Crippen molar-refractivity contribution in [2.75, 3.05) is 33.0 Å². The Balaban J connectivity index is 1.69. The molecule has 4 rings (SSSR count). The molecule has 0 radical (unpaired) electrons. The molecule has 368 valence electrons. The van der Waals surface area contributed by atoms with Gasteiger partial charge in [0.05, 0.1) is 57.4 Å². The number of aliphatic hydroxyl groups is 13. The number of nitrogens with one attached hydrogen (secondary N) is 2. The van der Waals surface area contributed by atoms with Gasteiger partial charge in [-0.3, -0.25) is 9.59 Å². The quantitative estimate of drug-likeness (QED) is 0.0504. The molecule has 26 nitrogen and oxygen atoms in total. The van der Waals surface area contributed by atoms with Gasteiger partial charge >= 0.3 is 0 Å². The van der Waals surface area contributed by atoms with Gasteiger partial charge in [-0.2, -0.15) is 0 Å². The van der Waals surface area contributed by atoms with Crippen molar-refractivity contribution in [2.45, 2.75) is 188 Å². The highest BCUT2D eigenvalue weighted by atomic mass is 16.8. The number of amides is 2. The Morgan fingerprint density at radius 2 is 1.14 bits per heavy atom. The molecular weight excluding hydrogens is 856 g/mol. The average Bonchev–Trinajstić information content (AvgIpc) is 3.24. The molecule has 15 N–H and O–H groups in total. The van der Waals surface area contributed by atoms with Crippen molar-refractivity contribution < 1.29 is 119 Å². The maximum atomic E-state index is 12.8. The summed E-state index contributed by atoms with van der Waals surface area (Å²) in [7, 11) is 0. The largest absolute Gasteiger partial charge is 0.394 e. The molecule has 0 aromatic heterocycles. The molecule has 0 spiro atoms. The Morgan fingerprint density at radius 1 is 0.619 bits per heavy atom. The molecule has 4 aliphatic heterocycles. The van der Waals surface area contributed by atoms with E-state index in [1.807, 2.05) is 0 Å². The van der Waals surface area contributed by atoms with E-state index in [0.717, 1.165) is 6.92 Å². The second kappa shape index (κ2) is 24.2. The van der Waals surface area contributed by atoms with Crippen molar-refractivity contribution in [1.29, 1.82) is 0 Å². The summed E-state index contributed by atoms with van der Waals surface area (Å²) in [6, 6.07) is -2.69. The molecular formula is C37H66N2O24. The monoisotopic (exact) mass is 922 g/mol. The maximum absolute atomic E-state index is 12.8. The van der Waals surface area contributed by atoms with Crippen molar-refractivity contribution in [3.8, 4) is 0 Å². The third-order valence-corrected chi connectivity index (χ3v) is 11.3. The second-order valence-electron chi connectivity index (χ2n) is 16.0. The number of aliphatic hydroxyl groups excluding tert-OH is 13. The Morgan fingerprint density at radius 3 is 1.68 bits per heavy atom. The van der Waals surface area contributed by atoms with Crippen LogP contribution in [-0.2, 0) is 52.2 Å². The van der Waals surface area contributed by atoms with Gasteiger partial charge in [-0.15, -0.1) is 0 Å². The minimum Gasteiger partial charge on any atom is -0.394 e. The third kappa shape index (κ3) is 12.9. The summed E-state index contributed by atoms with van der Waals surface area (Å²) in [5.41, 5.74) is 0. The summed E-state index contributed by atoms with van der Waals surface area (Å²) < 4.78 is 52.9. The highest BCUT2D eigenvalue weighted by molar-refractivity contribution is 5.73. The van der Waals surface area contributed by atoms with E-state index in [-0.39, 0.29) is 6.42 Å². The highest BCUT2D eigenvalue weighted by Crippen LogP contribution is 2.35. The minimum absolute atomic E-state index is 0.286.